The van der Waals surface area contributed by atoms with Gasteiger partial charge < -0.3 is 10.1 Å². The van der Waals surface area contributed by atoms with Gasteiger partial charge in [0.25, 0.3) is 0 Å². The van der Waals surface area contributed by atoms with E-state index in [9.17, 15) is 0 Å². The van der Waals surface area contributed by atoms with Gasteiger partial charge in [-0.25, -0.2) is 0 Å². The third-order valence-electron chi connectivity index (χ3n) is 2.44. The number of nitrogens with one attached hydrogen (secondary N) is 1. The fourth-order valence-electron chi connectivity index (χ4n) is 1.73. The fourth-order valence-corrected chi connectivity index (χ4v) is 1.73. The molecule has 2 heterocycles. The first-order chi connectivity index (χ1) is 8.33. The third-order valence-corrected chi connectivity index (χ3v) is 2.44. The molecule has 92 valence electrons. The highest BCUT2D eigenvalue weighted by Crippen LogP contribution is 2.02. The summed E-state index contributed by atoms with van der Waals surface area (Å²) in [5.41, 5.74) is 1.59. The maximum Gasteiger partial charge on any atom is 0.199 e. The van der Waals surface area contributed by atoms with E-state index in [-0.39, 0.29) is 6.04 Å². The summed E-state index contributed by atoms with van der Waals surface area (Å²) >= 11 is 0. The van der Waals surface area contributed by atoms with Crippen molar-refractivity contribution in [3.63, 3.8) is 0 Å². The van der Waals surface area contributed by atoms with Crippen molar-refractivity contribution in [2.45, 2.75) is 19.4 Å². The van der Waals surface area contributed by atoms with Crippen LogP contribution < -0.4 is 5.32 Å². The van der Waals surface area contributed by atoms with E-state index in [0.717, 1.165) is 18.7 Å². The minimum atomic E-state index is 0.256. The van der Waals surface area contributed by atoms with E-state index in [4.69, 9.17) is 4.74 Å². The molecule has 1 unspecified atom stereocenters. The number of likely N-dealkylation sites (N-methyl/N-ethyl adjacent to an activating group) is 1. The molecule has 0 spiro atoms. The number of aromatic nitrogens is 5. The Labute approximate surface area is 99.2 Å². The maximum absolute atomic E-state index is 5.16. The number of rotatable bonds is 6. The minimum absolute atomic E-state index is 0.256. The Hall–Kier alpha value is -1.60. The maximum atomic E-state index is 5.16. The number of methoxy groups -OCH3 is 1. The Balaban J connectivity index is 2.09. The molecule has 0 saturated heterocycles. The quantitative estimate of drug-likeness (QED) is 0.741. The van der Waals surface area contributed by atoms with Gasteiger partial charge in [-0.1, -0.05) is 6.92 Å². The van der Waals surface area contributed by atoms with Crippen molar-refractivity contribution < 1.29 is 4.74 Å². The second-order valence-electron chi connectivity index (χ2n) is 3.77. The van der Waals surface area contributed by atoms with Crippen molar-refractivity contribution in [1.82, 2.24) is 30.6 Å². The summed E-state index contributed by atoms with van der Waals surface area (Å²) in [5, 5.41) is 18.8. The smallest absolute Gasteiger partial charge is 0.199 e. The highest BCUT2D eigenvalue weighted by Gasteiger charge is 2.10. The summed E-state index contributed by atoms with van der Waals surface area (Å²) < 4.78 is 6.60. The summed E-state index contributed by atoms with van der Waals surface area (Å²) in [5.74, 6) is 0. The molecule has 2 rings (SSSR count). The Morgan fingerprint density at radius 2 is 2.35 bits per heavy atom. The number of hydrogen-bond acceptors (Lipinski definition) is 6. The molecular formula is C10H16N6O. The van der Waals surface area contributed by atoms with E-state index in [0.29, 0.717) is 12.3 Å². The van der Waals surface area contributed by atoms with Gasteiger partial charge in [0, 0.05) is 19.6 Å². The SMILES string of the molecule is CCNC(COC)Cc1ccc2nnnn2n1. The summed E-state index contributed by atoms with van der Waals surface area (Å²) in [7, 11) is 1.70. The molecular weight excluding hydrogens is 220 g/mol. The molecule has 0 aliphatic heterocycles. The van der Waals surface area contributed by atoms with Crippen LogP contribution in [0.1, 0.15) is 12.6 Å². The van der Waals surface area contributed by atoms with Crippen molar-refractivity contribution in [3.05, 3.63) is 17.8 Å². The normalized spacial score (nSPS) is 13.1. The molecule has 1 N–H and O–H groups in total. The van der Waals surface area contributed by atoms with Crippen LogP contribution >= 0.6 is 0 Å². The van der Waals surface area contributed by atoms with Gasteiger partial charge in [-0.2, -0.15) is 5.10 Å². The molecule has 2 aromatic heterocycles. The van der Waals surface area contributed by atoms with Crippen LogP contribution in [-0.2, 0) is 11.2 Å². The Morgan fingerprint density at radius 1 is 1.47 bits per heavy atom. The molecule has 0 aliphatic carbocycles. The monoisotopic (exact) mass is 236 g/mol. The lowest BCUT2D eigenvalue weighted by molar-refractivity contribution is 0.166. The molecule has 0 aliphatic rings. The average Bonchev–Trinajstić information content (AvgIpc) is 2.77. The molecule has 0 bridgehead atoms. The van der Waals surface area contributed by atoms with Crippen molar-refractivity contribution in [1.29, 1.82) is 0 Å². The zero-order valence-corrected chi connectivity index (χ0v) is 10.00. The van der Waals surface area contributed by atoms with Gasteiger partial charge in [0.15, 0.2) is 5.65 Å². The molecule has 1 atom stereocenters. The lowest BCUT2D eigenvalue weighted by Gasteiger charge is -2.15. The van der Waals surface area contributed by atoms with Crippen LogP contribution in [0.25, 0.3) is 5.65 Å². The largest absolute Gasteiger partial charge is 0.383 e. The van der Waals surface area contributed by atoms with Crippen LogP contribution in [0, 0.1) is 0 Å². The van der Waals surface area contributed by atoms with Gasteiger partial charge in [0.2, 0.25) is 0 Å². The van der Waals surface area contributed by atoms with Gasteiger partial charge in [0.1, 0.15) is 0 Å². The minimum Gasteiger partial charge on any atom is -0.383 e. The summed E-state index contributed by atoms with van der Waals surface area (Å²) in [6, 6.07) is 4.05. The van der Waals surface area contributed by atoms with Gasteiger partial charge in [0.05, 0.1) is 12.3 Å². The molecule has 0 radical (unpaired) electrons. The zero-order chi connectivity index (χ0) is 12.1. The molecule has 0 amide bonds. The fraction of sp³-hybridized carbons (Fsp3) is 0.600. The van der Waals surface area contributed by atoms with Crippen LogP contribution in [0.3, 0.4) is 0 Å². The number of tetrazole rings is 1. The van der Waals surface area contributed by atoms with Crippen molar-refractivity contribution >= 4 is 5.65 Å². The lowest BCUT2D eigenvalue weighted by Crippen LogP contribution is -2.35. The van der Waals surface area contributed by atoms with Crippen LogP contribution in [0.5, 0.6) is 0 Å². The molecule has 2 aromatic rings. The standard InChI is InChI=1S/C10H16N6O/c1-3-11-9(7-17-2)6-8-4-5-10-12-14-15-16(10)13-8/h4-5,9,11H,3,6-7H2,1-2H3. The lowest BCUT2D eigenvalue weighted by atomic mass is 10.1. The summed E-state index contributed by atoms with van der Waals surface area (Å²) in [4.78, 5) is 0. The predicted octanol–water partition coefficient (Wildman–Crippen LogP) is -0.314. The van der Waals surface area contributed by atoms with Crippen LogP contribution in [0.15, 0.2) is 12.1 Å². The van der Waals surface area contributed by atoms with Crippen LogP contribution in [0.2, 0.25) is 0 Å². The topological polar surface area (TPSA) is 77.2 Å². The van der Waals surface area contributed by atoms with E-state index >= 15 is 0 Å². The molecule has 7 heteroatoms. The molecule has 0 saturated carbocycles. The van der Waals surface area contributed by atoms with E-state index in [2.05, 4.69) is 32.9 Å². The Bertz CT molecular complexity index is 465. The van der Waals surface area contributed by atoms with E-state index < -0.39 is 0 Å². The van der Waals surface area contributed by atoms with Crippen LogP contribution in [-0.4, -0.2) is 51.6 Å². The second kappa shape index (κ2) is 5.65. The zero-order valence-electron chi connectivity index (χ0n) is 10.00. The van der Waals surface area contributed by atoms with Crippen molar-refractivity contribution in [2.24, 2.45) is 0 Å². The first-order valence-electron chi connectivity index (χ1n) is 5.60. The molecule has 0 aromatic carbocycles. The third kappa shape index (κ3) is 2.95. The van der Waals surface area contributed by atoms with Crippen molar-refractivity contribution in [3.8, 4) is 0 Å². The predicted molar refractivity (Wildman–Crippen MR) is 61.6 cm³/mol. The van der Waals surface area contributed by atoms with Gasteiger partial charge in [-0.05, 0) is 29.1 Å². The average molecular weight is 236 g/mol. The number of fused-ring (bicyclic) bond motifs is 1. The Kier molecular flexibility index (Phi) is 3.94. The second-order valence-corrected chi connectivity index (χ2v) is 3.77. The molecule has 7 nitrogen and oxygen atoms in total. The van der Waals surface area contributed by atoms with E-state index in [1.807, 2.05) is 12.1 Å². The molecule has 0 fully saturated rings. The van der Waals surface area contributed by atoms with E-state index in [1.54, 1.807) is 7.11 Å². The van der Waals surface area contributed by atoms with Gasteiger partial charge in [-0.3, -0.25) is 0 Å². The first-order valence-corrected chi connectivity index (χ1v) is 5.60. The van der Waals surface area contributed by atoms with E-state index in [1.165, 1.54) is 4.63 Å². The van der Waals surface area contributed by atoms with Gasteiger partial charge in [-0.15, -0.1) is 9.73 Å². The van der Waals surface area contributed by atoms with Crippen LogP contribution in [0.4, 0.5) is 0 Å². The van der Waals surface area contributed by atoms with Crippen molar-refractivity contribution in [2.75, 3.05) is 20.3 Å². The highest BCUT2D eigenvalue weighted by atomic mass is 16.5. The molecule has 17 heavy (non-hydrogen) atoms. The number of nitrogens with zero attached hydrogens (tertiary/aromatic N) is 5. The first kappa shape index (κ1) is 11.9. The number of ether oxygens (including phenoxy) is 1. The van der Waals surface area contributed by atoms with Gasteiger partial charge >= 0.3 is 0 Å². The summed E-state index contributed by atoms with van der Waals surface area (Å²) in [6.45, 7) is 3.63. The summed E-state index contributed by atoms with van der Waals surface area (Å²) in [6.07, 6.45) is 0.789. The number of hydrogen-bond donors (Lipinski definition) is 1. The highest BCUT2D eigenvalue weighted by molar-refractivity contribution is 5.32. The Morgan fingerprint density at radius 3 is 3.12 bits per heavy atom.